The van der Waals surface area contributed by atoms with Crippen LogP contribution in [0.3, 0.4) is 0 Å². The van der Waals surface area contributed by atoms with Crippen LogP contribution in [0.15, 0.2) is 48.6 Å². The maximum Gasteiger partial charge on any atom is -0.00743 e. The van der Waals surface area contributed by atoms with Crippen LogP contribution in [0.2, 0.25) is 0 Å². The van der Waals surface area contributed by atoms with Crippen molar-refractivity contribution in [3.63, 3.8) is 0 Å². The molecule has 1 nitrogen and oxygen atoms in total. The van der Waals surface area contributed by atoms with E-state index >= 15 is 0 Å². The normalized spacial score (nSPS) is 12.7. The fourth-order valence-electron chi connectivity index (χ4n) is 1.65. The highest BCUT2D eigenvalue weighted by Crippen LogP contribution is 2.00. The summed E-state index contributed by atoms with van der Waals surface area (Å²) in [6.07, 6.45) is 27.1. The first kappa shape index (κ1) is 17.9. The standard InChI is InChI=1S/C18H31N/c1-2-3-4-5-6-7-8-9-10-11-12-13-14-15-16-17-18-19/h3-4,6-7,10-11,14-15H,2,5,8-9,12-13,16-19H2,1H3. The van der Waals surface area contributed by atoms with Crippen LogP contribution in [0.1, 0.15) is 58.3 Å². The minimum absolute atomic E-state index is 0.798. The van der Waals surface area contributed by atoms with Crippen molar-refractivity contribution in [2.75, 3.05) is 6.54 Å². The van der Waals surface area contributed by atoms with Crippen molar-refractivity contribution in [1.82, 2.24) is 0 Å². The first-order valence-electron chi connectivity index (χ1n) is 7.71. The van der Waals surface area contributed by atoms with Gasteiger partial charge in [-0.1, -0.05) is 55.5 Å². The van der Waals surface area contributed by atoms with E-state index in [0.717, 1.165) is 57.9 Å². The summed E-state index contributed by atoms with van der Waals surface area (Å²) < 4.78 is 0. The second-order valence-electron chi connectivity index (χ2n) is 4.62. The first-order valence-corrected chi connectivity index (χ1v) is 7.71. The molecule has 2 N–H and O–H groups in total. The molecule has 108 valence electrons. The van der Waals surface area contributed by atoms with Gasteiger partial charge in [0, 0.05) is 0 Å². The third kappa shape index (κ3) is 16.9. The van der Waals surface area contributed by atoms with Gasteiger partial charge in [-0.25, -0.2) is 0 Å². The Morgan fingerprint density at radius 1 is 0.632 bits per heavy atom. The molecule has 0 fully saturated rings. The van der Waals surface area contributed by atoms with Crippen LogP contribution < -0.4 is 5.73 Å². The number of unbranched alkanes of at least 4 members (excludes halogenated alkanes) is 3. The molecule has 0 aromatic carbocycles. The van der Waals surface area contributed by atoms with Gasteiger partial charge in [-0.05, 0) is 57.9 Å². The van der Waals surface area contributed by atoms with Crippen molar-refractivity contribution in [3.05, 3.63) is 48.6 Å². The van der Waals surface area contributed by atoms with E-state index in [4.69, 9.17) is 5.73 Å². The lowest BCUT2D eigenvalue weighted by molar-refractivity contribution is 0.850. The lowest BCUT2D eigenvalue weighted by Gasteiger charge is -1.90. The predicted molar refractivity (Wildman–Crippen MR) is 88.2 cm³/mol. The molecule has 0 unspecified atom stereocenters. The van der Waals surface area contributed by atoms with Crippen LogP contribution in [0.4, 0.5) is 0 Å². The molecule has 1 heteroatoms. The molecule has 0 atom stereocenters. The Hall–Kier alpha value is -1.08. The Morgan fingerprint density at radius 3 is 1.63 bits per heavy atom. The molecule has 0 saturated heterocycles. The summed E-state index contributed by atoms with van der Waals surface area (Å²) in [6.45, 7) is 2.96. The molecule has 0 radical (unpaired) electrons. The van der Waals surface area contributed by atoms with Crippen molar-refractivity contribution in [2.24, 2.45) is 5.73 Å². The first-order chi connectivity index (χ1) is 9.41. The van der Waals surface area contributed by atoms with Gasteiger partial charge >= 0.3 is 0 Å². The van der Waals surface area contributed by atoms with Gasteiger partial charge in [-0.15, -0.1) is 0 Å². The summed E-state index contributed by atoms with van der Waals surface area (Å²) >= 11 is 0. The van der Waals surface area contributed by atoms with Crippen LogP contribution in [0, 0.1) is 0 Å². The summed E-state index contributed by atoms with van der Waals surface area (Å²) in [4.78, 5) is 0. The second-order valence-corrected chi connectivity index (χ2v) is 4.62. The third-order valence-corrected chi connectivity index (χ3v) is 2.75. The molecule has 19 heavy (non-hydrogen) atoms. The van der Waals surface area contributed by atoms with E-state index in [0.29, 0.717) is 0 Å². The number of rotatable bonds is 12. The van der Waals surface area contributed by atoms with Gasteiger partial charge in [0.05, 0.1) is 0 Å². The average Bonchev–Trinajstić information content (AvgIpc) is 2.43. The summed E-state index contributed by atoms with van der Waals surface area (Å²) in [5.41, 5.74) is 5.43. The zero-order chi connectivity index (χ0) is 14.0. The molecule has 0 aliphatic rings. The Balaban J connectivity index is 3.30. The minimum Gasteiger partial charge on any atom is -0.330 e. The van der Waals surface area contributed by atoms with Gasteiger partial charge in [0.1, 0.15) is 0 Å². The van der Waals surface area contributed by atoms with E-state index < -0.39 is 0 Å². The Bertz CT molecular complexity index is 271. The molecule has 0 aromatic heterocycles. The predicted octanol–water partition coefficient (Wildman–Crippen LogP) is 5.31. The topological polar surface area (TPSA) is 26.0 Å². The van der Waals surface area contributed by atoms with Crippen LogP contribution in [-0.2, 0) is 0 Å². The molecule has 0 bridgehead atoms. The Morgan fingerprint density at radius 2 is 1.11 bits per heavy atom. The van der Waals surface area contributed by atoms with Gasteiger partial charge in [0.2, 0.25) is 0 Å². The molecule has 0 heterocycles. The van der Waals surface area contributed by atoms with E-state index in [1.54, 1.807) is 0 Å². The fourth-order valence-corrected chi connectivity index (χ4v) is 1.65. The number of hydrogen-bond acceptors (Lipinski definition) is 1. The molecule has 0 amide bonds. The van der Waals surface area contributed by atoms with Crippen LogP contribution in [0.25, 0.3) is 0 Å². The quantitative estimate of drug-likeness (QED) is 0.374. The Labute approximate surface area is 120 Å². The van der Waals surface area contributed by atoms with E-state index in [1.807, 2.05) is 0 Å². The van der Waals surface area contributed by atoms with Crippen molar-refractivity contribution < 1.29 is 0 Å². The highest BCUT2D eigenvalue weighted by Gasteiger charge is 1.80. The summed E-state index contributed by atoms with van der Waals surface area (Å²) in [5, 5.41) is 0. The highest BCUT2D eigenvalue weighted by molar-refractivity contribution is 4.94. The van der Waals surface area contributed by atoms with Crippen LogP contribution in [-0.4, -0.2) is 6.54 Å². The maximum absolute atomic E-state index is 5.43. The maximum atomic E-state index is 5.43. The average molecular weight is 261 g/mol. The SMILES string of the molecule is CCC=CCC=CCCC=CCCC=CCCCN. The molecule has 0 rings (SSSR count). The van der Waals surface area contributed by atoms with Gasteiger partial charge in [-0.2, -0.15) is 0 Å². The smallest absolute Gasteiger partial charge is 0.00743 e. The summed E-state index contributed by atoms with van der Waals surface area (Å²) in [6, 6.07) is 0. The Kier molecular flexibility index (Phi) is 16.0. The lowest BCUT2D eigenvalue weighted by atomic mass is 10.2. The number of hydrogen-bond donors (Lipinski definition) is 1. The zero-order valence-electron chi connectivity index (χ0n) is 12.6. The molecular formula is C18H31N. The third-order valence-electron chi connectivity index (χ3n) is 2.75. The summed E-state index contributed by atoms with van der Waals surface area (Å²) in [7, 11) is 0. The number of nitrogens with two attached hydrogens (primary N) is 1. The molecule has 0 aromatic rings. The lowest BCUT2D eigenvalue weighted by Crippen LogP contribution is -1.96. The van der Waals surface area contributed by atoms with Crippen LogP contribution in [0.5, 0.6) is 0 Å². The molecule has 0 aliphatic heterocycles. The molecule has 0 spiro atoms. The van der Waals surface area contributed by atoms with Crippen molar-refractivity contribution in [1.29, 1.82) is 0 Å². The van der Waals surface area contributed by atoms with E-state index in [9.17, 15) is 0 Å². The fraction of sp³-hybridized carbons (Fsp3) is 0.556. The van der Waals surface area contributed by atoms with Crippen molar-refractivity contribution >= 4 is 0 Å². The largest absolute Gasteiger partial charge is 0.330 e. The van der Waals surface area contributed by atoms with E-state index in [1.165, 1.54) is 0 Å². The van der Waals surface area contributed by atoms with Gasteiger partial charge in [0.15, 0.2) is 0 Å². The van der Waals surface area contributed by atoms with E-state index in [2.05, 4.69) is 55.5 Å². The van der Waals surface area contributed by atoms with Gasteiger partial charge < -0.3 is 5.73 Å². The summed E-state index contributed by atoms with van der Waals surface area (Å²) in [5.74, 6) is 0. The van der Waals surface area contributed by atoms with Gasteiger partial charge in [0.25, 0.3) is 0 Å². The van der Waals surface area contributed by atoms with Crippen molar-refractivity contribution in [2.45, 2.75) is 58.3 Å². The molecule has 0 aliphatic carbocycles. The minimum atomic E-state index is 0.798. The highest BCUT2D eigenvalue weighted by atomic mass is 14.5. The second kappa shape index (κ2) is 16.9. The monoisotopic (exact) mass is 261 g/mol. The van der Waals surface area contributed by atoms with Crippen LogP contribution >= 0.6 is 0 Å². The van der Waals surface area contributed by atoms with Gasteiger partial charge in [-0.3, -0.25) is 0 Å². The van der Waals surface area contributed by atoms with Crippen molar-refractivity contribution in [3.8, 4) is 0 Å². The zero-order valence-corrected chi connectivity index (χ0v) is 12.6. The molecule has 0 saturated carbocycles. The van der Waals surface area contributed by atoms with E-state index in [-0.39, 0.29) is 0 Å². The number of allylic oxidation sites excluding steroid dienone is 8. The molecular weight excluding hydrogens is 230 g/mol.